The molecule has 5 rings (SSSR count). The predicted octanol–water partition coefficient (Wildman–Crippen LogP) is 5.39. The first-order valence-electron chi connectivity index (χ1n) is 13.6. The van der Waals surface area contributed by atoms with Gasteiger partial charge in [0.25, 0.3) is 5.91 Å². The lowest BCUT2D eigenvalue weighted by Gasteiger charge is -2.28. The minimum atomic E-state index is -5.01. The Labute approximate surface area is 250 Å². The topological polar surface area (TPSA) is 128 Å². The molecule has 2 unspecified atom stereocenters. The van der Waals surface area contributed by atoms with E-state index in [1.807, 2.05) is 0 Å². The lowest BCUT2D eigenvalue weighted by atomic mass is 9.89. The van der Waals surface area contributed by atoms with Crippen LogP contribution in [0.5, 0.6) is 5.75 Å². The lowest BCUT2D eigenvalue weighted by molar-refractivity contribution is -0.246. The van der Waals surface area contributed by atoms with E-state index in [1.165, 1.54) is 66.8 Å². The summed E-state index contributed by atoms with van der Waals surface area (Å²) in [5.74, 6) is -0.647. The highest BCUT2D eigenvalue weighted by molar-refractivity contribution is 5.93. The highest BCUT2D eigenvalue weighted by atomic mass is 19.4. The van der Waals surface area contributed by atoms with E-state index in [2.05, 4.69) is 20.9 Å². The average molecular weight is 610 g/mol. The summed E-state index contributed by atoms with van der Waals surface area (Å²) in [7, 11) is 1.32. The maximum absolute atomic E-state index is 14.4. The number of carbonyl (C=O) groups is 2. The van der Waals surface area contributed by atoms with Gasteiger partial charge in [0.05, 0.1) is 18.9 Å². The minimum absolute atomic E-state index is 0.113. The Morgan fingerprint density at radius 1 is 1.02 bits per heavy atom. The molecule has 0 saturated heterocycles. The number of anilines is 1. The van der Waals surface area contributed by atoms with Gasteiger partial charge < -0.3 is 14.6 Å². The van der Waals surface area contributed by atoms with Crippen molar-refractivity contribution >= 4 is 17.7 Å². The molecule has 0 aliphatic heterocycles. The highest BCUT2D eigenvalue weighted by Crippen LogP contribution is 2.58. The van der Waals surface area contributed by atoms with Crippen molar-refractivity contribution in [3.8, 4) is 28.0 Å². The zero-order chi connectivity index (χ0) is 32.0. The molecule has 1 amide bonds. The van der Waals surface area contributed by atoms with Crippen molar-refractivity contribution < 1.29 is 37.3 Å². The Kier molecular flexibility index (Phi) is 7.62. The first-order chi connectivity index (χ1) is 20.6. The number of hydrazine groups is 1. The molecule has 1 aliphatic carbocycles. The Bertz CT molecular complexity index is 1730. The third kappa shape index (κ3) is 5.46. The van der Waals surface area contributed by atoms with Gasteiger partial charge in [0.1, 0.15) is 23.2 Å². The number of aromatic nitrogens is 3. The number of methoxy groups -OCH3 is 1. The van der Waals surface area contributed by atoms with Crippen LogP contribution in [0.15, 0.2) is 67.1 Å². The van der Waals surface area contributed by atoms with Gasteiger partial charge in [0.15, 0.2) is 0 Å². The molecule has 2 heterocycles. The fraction of sp³-hybridized carbons (Fsp3) is 0.290. The number of ether oxygens (including phenoxy) is 2. The van der Waals surface area contributed by atoms with E-state index < -0.39 is 35.3 Å². The molecule has 0 bridgehead atoms. The van der Waals surface area contributed by atoms with Crippen LogP contribution in [0, 0.1) is 0 Å². The van der Waals surface area contributed by atoms with Crippen LogP contribution in [0.25, 0.3) is 22.3 Å². The number of hydrogen-bond donors (Lipinski definition) is 3. The summed E-state index contributed by atoms with van der Waals surface area (Å²) in [5.41, 5.74) is 2.10. The number of hydrogen-bond acceptors (Lipinski definition) is 8. The quantitative estimate of drug-likeness (QED) is 0.188. The van der Waals surface area contributed by atoms with E-state index in [4.69, 9.17) is 9.47 Å². The van der Waals surface area contributed by atoms with Crippen LogP contribution in [0.4, 0.5) is 19.0 Å². The third-order valence-corrected chi connectivity index (χ3v) is 7.13. The van der Waals surface area contributed by atoms with Crippen LogP contribution in [0.1, 0.15) is 55.2 Å². The Hall–Kier alpha value is -4.91. The summed E-state index contributed by atoms with van der Waals surface area (Å²) >= 11 is 0. The van der Waals surface area contributed by atoms with Crippen molar-refractivity contribution in [2.45, 2.75) is 51.1 Å². The molecular weight excluding hydrogens is 579 g/mol. The Morgan fingerprint density at radius 2 is 1.75 bits per heavy atom. The van der Waals surface area contributed by atoms with E-state index in [0.29, 0.717) is 11.1 Å². The molecule has 0 saturated carbocycles. The molecule has 230 valence electrons. The van der Waals surface area contributed by atoms with Gasteiger partial charge in [0.2, 0.25) is 5.60 Å². The van der Waals surface area contributed by atoms with Gasteiger partial charge >= 0.3 is 12.1 Å². The smallest absolute Gasteiger partial charge is 0.425 e. The second kappa shape index (κ2) is 11.0. The van der Waals surface area contributed by atoms with Gasteiger partial charge in [-0.05, 0) is 68.7 Å². The molecule has 44 heavy (non-hydrogen) atoms. The predicted molar refractivity (Wildman–Crippen MR) is 155 cm³/mol. The minimum Gasteiger partial charge on any atom is -0.497 e. The summed E-state index contributed by atoms with van der Waals surface area (Å²) in [6.45, 7) is 6.84. The highest BCUT2D eigenvalue weighted by Gasteiger charge is 2.61. The molecule has 0 fully saturated rings. The van der Waals surface area contributed by atoms with Crippen molar-refractivity contribution in [1.82, 2.24) is 20.2 Å². The van der Waals surface area contributed by atoms with Gasteiger partial charge in [-0.1, -0.05) is 24.3 Å². The molecule has 2 aromatic heterocycles. The van der Waals surface area contributed by atoms with Crippen molar-refractivity contribution in [3.05, 3.63) is 83.8 Å². The molecule has 0 spiro atoms. The number of carbonyl (C=O) groups excluding carboxylic acids is 2. The summed E-state index contributed by atoms with van der Waals surface area (Å²) < 4.78 is 55.2. The zero-order valence-electron chi connectivity index (χ0n) is 24.5. The maximum atomic E-state index is 14.4. The van der Waals surface area contributed by atoms with E-state index in [-0.39, 0.29) is 39.4 Å². The number of rotatable bonds is 7. The summed E-state index contributed by atoms with van der Waals surface area (Å²) in [5, 5.41) is 15.4. The number of nitrogens with one attached hydrogen (secondary N) is 2. The van der Waals surface area contributed by atoms with E-state index in [0.717, 1.165) is 0 Å². The number of fused-ring (bicyclic) bond motifs is 3. The third-order valence-electron chi connectivity index (χ3n) is 7.13. The normalized spacial score (nSPS) is 16.5. The van der Waals surface area contributed by atoms with Crippen molar-refractivity contribution in [2.24, 2.45) is 0 Å². The molecule has 10 nitrogen and oxygen atoms in total. The van der Waals surface area contributed by atoms with E-state index >= 15 is 0 Å². The van der Waals surface area contributed by atoms with E-state index in [9.17, 15) is 27.9 Å². The van der Waals surface area contributed by atoms with Crippen molar-refractivity contribution in [1.29, 1.82) is 0 Å². The maximum Gasteiger partial charge on any atom is 0.425 e. The van der Waals surface area contributed by atoms with Crippen molar-refractivity contribution in [2.75, 3.05) is 12.5 Å². The first kappa shape index (κ1) is 30.5. The fourth-order valence-corrected chi connectivity index (χ4v) is 4.97. The Balaban J connectivity index is 1.38. The number of esters is 1. The number of halogens is 3. The zero-order valence-corrected chi connectivity index (χ0v) is 24.5. The molecule has 4 aromatic rings. The van der Waals surface area contributed by atoms with Crippen molar-refractivity contribution in [3.63, 3.8) is 0 Å². The SMILES string of the molecule is COc1cc(-c2cnn(C(C)C(=O)NNc3ccc(C(=O)OC(C)(C)C)cn3)c2)c2c(c1)C(O)(C(F)(F)F)c1ccccc1-2. The van der Waals surface area contributed by atoms with Gasteiger partial charge in [0, 0.05) is 29.1 Å². The molecule has 0 radical (unpaired) electrons. The monoisotopic (exact) mass is 609 g/mol. The van der Waals surface area contributed by atoms with Gasteiger partial charge in [-0.15, -0.1) is 0 Å². The van der Waals surface area contributed by atoms with Gasteiger partial charge in [-0.25, -0.2) is 9.78 Å². The number of alkyl halides is 3. The molecule has 2 aromatic carbocycles. The van der Waals surface area contributed by atoms with Crippen LogP contribution in [-0.4, -0.2) is 50.6 Å². The second-order valence-corrected chi connectivity index (χ2v) is 11.3. The number of amides is 1. The summed E-state index contributed by atoms with van der Waals surface area (Å²) in [6, 6.07) is 10.7. The van der Waals surface area contributed by atoms with Crippen LogP contribution < -0.4 is 15.6 Å². The lowest BCUT2D eigenvalue weighted by Crippen LogP contribution is -2.41. The largest absolute Gasteiger partial charge is 0.497 e. The standard InChI is InChI=1S/C31H30F3N5O5/c1-17(27(40)38-37-25-11-10-18(14-35-25)28(41)44-29(2,3)4)39-16-19(15-36-39)22-12-20(43-5)13-24-26(22)21-8-6-7-9-23(21)30(24,42)31(32,33)34/h6-17,42H,1-5H3,(H,35,37)(H,38,40). The number of aliphatic hydroxyl groups is 1. The first-order valence-corrected chi connectivity index (χ1v) is 13.6. The molecule has 13 heteroatoms. The number of benzene rings is 2. The molecule has 1 aliphatic rings. The average Bonchev–Trinajstić information content (AvgIpc) is 3.57. The summed E-state index contributed by atoms with van der Waals surface area (Å²) in [6.07, 6.45) is -0.736. The van der Waals surface area contributed by atoms with Gasteiger partial charge in [-0.2, -0.15) is 18.3 Å². The fourth-order valence-electron chi connectivity index (χ4n) is 4.97. The number of nitrogens with zero attached hydrogens (tertiary/aromatic N) is 3. The molecule has 3 N–H and O–H groups in total. The van der Waals surface area contributed by atoms with Crippen LogP contribution in [-0.2, 0) is 15.1 Å². The molecule has 2 atom stereocenters. The van der Waals surface area contributed by atoms with Crippen LogP contribution >= 0.6 is 0 Å². The summed E-state index contributed by atoms with van der Waals surface area (Å²) in [4.78, 5) is 29.2. The van der Waals surface area contributed by atoms with Crippen LogP contribution in [0.2, 0.25) is 0 Å². The van der Waals surface area contributed by atoms with E-state index in [1.54, 1.807) is 39.8 Å². The molecular formula is C31H30F3N5O5. The van der Waals surface area contributed by atoms with Gasteiger partial charge in [-0.3, -0.25) is 20.3 Å². The number of pyridine rings is 1. The van der Waals surface area contributed by atoms with Crippen LogP contribution in [0.3, 0.4) is 0 Å². The second-order valence-electron chi connectivity index (χ2n) is 11.3. The Morgan fingerprint density at radius 3 is 2.39 bits per heavy atom.